The lowest BCUT2D eigenvalue weighted by Crippen LogP contribution is -2.49. The number of thiophene rings is 1. The molecule has 2 heterocycles. The van der Waals surface area contributed by atoms with Crippen molar-refractivity contribution in [2.45, 2.75) is 18.2 Å². The predicted octanol–water partition coefficient (Wildman–Crippen LogP) is 3.15. The van der Waals surface area contributed by atoms with E-state index in [9.17, 15) is 8.42 Å². The molecule has 2 aromatic rings. The summed E-state index contributed by atoms with van der Waals surface area (Å²) in [5, 5.41) is 4.03. The van der Waals surface area contributed by atoms with Crippen LogP contribution >= 0.6 is 11.3 Å². The summed E-state index contributed by atoms with van der Waals surface area (Å²) < 4.78 is 33.1. The first-order chi connectivity index (χ1) is 12.6. The molecule has 0 radical (unpaired) electrons. The summed E-state index contributed by atoms with van der Waals surface area (Å²) in [5.41, 5.74) is 2.00. The predicted molar refractivity (Wildman–Crippen MR) is 106 cm³/mol. The molecule has 0 N–H and O–H groups in total. The van der Waals surface area contributed by atoms with Crippen molar-refractivity contribution in [2.24, 2.45) is 0 Å². The fourth-order valence-electron chi connectivity index (χ4n) is 3.05. The minimum atomic E-state index is -3.45. The summed E-state index contributed by atoms with van der Waals surface area (Å²) in [6.45, 7) is 7.01. The Morgan fingerprint density at radius 2 is 1.88 bits per heavy atom. The van der Waals surface area contributed by atoms with Crippen LogP contribution in [0, 0.1) is 0 Å². The Balaban J connectivity index is 1.62. The molecule has 26 heavy (non-hydrogen) atoms. The van der Waals surface area contributed by atoms with Gasteiger partial charge in [0, 0.05) is 39.3 Å². The molecule has 0 bridgehead atoms. The number of hydrogen-bond acceptors (Lipinski definition) is 5. The van der Waals surface area contributed by atoms with Gasteiger partial charge in [-0.3, -0.25) is 4.90 Å². The second-order valence-corrected chi connectivity index (χ2v) is 9.12. The van der Waals surface area contributed by atoms with Crippen molar-refractivity contribution in [3.63, 3.8) is 0 Å². The smallest absolute Gasteiger partial charge is 0.243 e. The van der Waals surface area contributed by atoms with E-state index in [-0.39, 0.29) is 0 Å². The molecular weight excluding hydrogens is 368 g/mol. The molecule has 1 aromatic heterocycles. The molecule has 1 aliphatic heterocycles. The van der Waals surface area contributed by atoms with Gasteiger partial charge in [-0.2, -0.15) is 15.6 Å². The number of sulfonamides is 1. The van der Waals surface area contributed by atoms with Crippen LogP contribution in [0.4, 0.5) is 0 Å². The van der Waals surface area contributed by atoms with Gasteiger partial charge in [0.15, 0.2) is 0 Å². The Labute approximate surface area is 160 Å². The van der Waals surface area contributed by atoms with E-state index in [1.807, 2.05) is 29.0 Å². The lowest BCUT2D eigenvalue weighted by atomic mass is 10.1. The average molecular weight is 395 g/mol. The van der Waals surface area contributed by atoms with Crippen molar-refractivity contribution in [3.05, 3.63) is 41.1 Å². The second kappa shape index (κ2) is 9.10. The Hall–Kier alpha value is -1.25. The molecule has 1 fully saturated rings. The fraction of sp³-hybridized carbons (Fsp3) is 0.474. The zero-order chi connectivity index (χ0) is 18.4. The molecule has 0 amide bonds. The lowest BCUT2D eigenvalue weighted by Gasteiger charge is -2.33. The standard InChI is InChI=1S/C19H26N2O3S2/c1-2-12-24-13-11-20-7-9-21(10-8-20)26(22,23)19-5-3-4-17(15-19)18-6-14-25-16-18/h3-6,14-16H,2,7-13H2,1H3. The summed E-state index contributed by atoms with van der Waals surface area (Å²) in [6.07, 6.45) is 1.02. The van der Waals surface area contributed by atoms with Crippen LogP contribution < -0.4 is 0 Å². The van der Waals surface area contributed by atoms with Gasteiger partial charge in [0.2, 0.25) is 10.0 Å². The molecule has 7 heteroatoms. The van der Waals surface area contributed by atoms with Crippen LogP contribution in [0.25, 0.3) is 11.1 Å². The quantitative estimate of drug-likeness (QED) is 0.646. The van der Waals surface area contributed by atoms with Crippen molar-refractivity contribution in [2.75, 3.05) is 45.9 Å². The highest BCUT2D eigenvalue weighted by atomic mass is 32.2. The molecule has 142 valence electrons. The summed E-state index contributed by atoms with van der Waals surface area (Å²) in [6, 6.07) is 9.25. The van der Waals surface area contributed by atoms with Gasteiger partial charge in [0.05, 0.1) is 11.5 Å². The van der Waals surface area contributed by atoms with E-state index in [0.29, 0.717) is 24.6 Å². The molecule has 0 saturated carbocycles. The number of rotatable bonds is 8. The Morgan fingerprint density at radius 1 is 1.08 bits per heavy atom. The molecule has 0 unspecified atom stereocenters. The monoisotopic (exact) mass is 394 g/mol. The van der Waals surface area contributed by atoms with Crippen LogP contribution in [0.1, 0.15) is 13.3 Å². The normalized spacial score (nSPS) is 16.8. The Kier molecular flexibility index (Phi) is 6.83. The van der Waals surface area contributed by atoms with Crippen molar-refractivity contribution < 1.29 is 13.2 Å². The summed E-state index contributed by atoms with van der Waals surface area (Å²) in [7, 11) is -3.45. The molecule has 0 atom stereocenters. The van der Waals surface area contributed by atoms with Gasteiger partial charge < -0.3 is 4.74 Å². The highest BCUT2D eigenvalue weighted by Gasteiger charge is 2.28. The van der Waals surface area contributed by atoms with Gasteiger partial charge in [0.1, 0.15) is 0 Å². The number of benzene rings is 1. The maximum Gasteiger partial charge on any atom is 0.243 e. The summed E-state index contributed by atoms with van der Waals surface area (Å²) in [4.78, 5) is 2.64. The van der Waals surface area contributed by atoms with E-state index in [4.69, 9.17) is 4.74 Å². The third-order valence-corrected chi connectivity index (χ3v) is 7.14. The van der Waals surface area contributed by atoms with E-state index in [0.717, 1.165) is 43.8 Å². The summed E-state index contributed by atoms with van der Waals surface area (Å²) >= 11 is 1.61. The van der Waals surface area contributed by atoms with Gasteiger partial charge in [-0.25, -0.2) is 8.42 Å². The van der Waals surface area contributed by atoms with Gasteiger partial charge in [0.25, 0.3) is 0 Å². The topological polar surface area (TPSA) is 49.9 Å². The van der Waals surface area contributed by atoms with E-state index in [1.165, 1.54) is 0 Å². The van der Waals surface area contributed by atoms with Gasteiger partial charge in [-0.15, -0.1) is 0 Å². The van der Waals surface area contributed by atoms with Gasteiger partial charge in [-0.05, 0) is 46.5 Å². The number of hydrogen-bond donors (Lipinski definition) is 0. The van der Waals surface area contributed by atoms with Crippen LogP contribution in [0.2, 0.25) is 0 Å². The first kappa shape index (κ1) is 19.5. The molecule has 1 saturated heterocycles. The van der Waals surface area contributed by atoms with E-state index in [1.54, 1.807) is 27.8 Å². The van der Waals surface area contributed by atoms with Gasteiger partial charge >= 0.3 is 0 Å². The SMILES string of the molecule is CCCOCCN1CCN(S(=O)(=O)c2cccc(-c3ccsc3)c2)CC1. The van der Waals surface area contributed by atoms with E-state index < -0.39 is 10.0 Å². The molecule has 5 nitrogen and oxygen atoms in total. The third-order valence-electron chi connectivity index (χ3n) is 4.56. The Bertz CT molecular complexity index is 783. The second-order valence-electron chi connectivity index (χ2n) is 6.40. The molecular formula is C19H26N2O3S2. The van der Waals surface area contributed by atoms with Crippen LogP contribution in [0.15, 0.2) is 46.0 Å². The largest absolute Gasteiger partial charge is 0.380 e. The summed E-state index contributed by atoms with van der Waals surface area (Å²) in [5.74, 6) is 0. The van der Waals surface area contributed by atoms with Gasteiger partial charge in [-0.1, -0.05) is 19.1 Å². The van der Waals surface area contributed by atoms with E-state index in [2.05, 4.69) is 11.8 Å². The van der Waals surface area contributed by atoms with Crippen LogP contribution in [0.3, 0.4) is 0 Å². The van der Waals surface area contributed by atoms with Crippen LogP contribution in [0.5, 0.6) is 0 Å². The highest BCUT2D eigenvalue weighted by molar-refractivity contribution is 7.89. The Morgan fingerprint density at radius 3 is 2.58 bits per heavy atom. The van der Waals surface area contributed by atoms with Crippen LogP contribution in [-0.2, 0) is 14.8 Å². The average Bonchev–Trinajstić information content (AvgIpc) is 3.21. The minimum absolute atomic E-state index is 0.376. The van der Waals surface area contributed by atoms with Crippen molar-refractivity contribution in [1.82, 2.24) is 9.21 Å². The molecule has 0 spiro atoms. The molecule has 0 aliphatic carbocycles. The first-order valence-electron chi connectivity index (χ1n) is 9.04. The molecule has 1 aliphatic rings. The number of ether oxygens (including phenoxy) is 1. The molecule has 3 rings (SSSR count). The minimum Gasteiger partial charge on any atom is -0.380 e. The third kappa shape index (κ3) is 4.72. The fourth-order valence-corrected chi connectivity index (χ4v) is 5.18. The zero-order valence-electron chi connectivity index (χ0n) is 15.1. The highest BCUT2D eigenvalue weighted by Crippen LogP contribution is 2.26. The van der Waals surface area contributed by atoms with Crippen molar-refractivity contribution >= 4 is 21.4 Å². The maximum absolute atomic E-state index is 13.0. The number of piperazine rings is 1. The van der Waals surface area contributed by atoms with Crippen molar-refractivity contribution in [3.8, 4) is 11.1 Å². The molecule has 1 aromatic carbocycles. The maximum atomic E-state index is 13.0. The number of nitrogens with zero attached hydrogens (tertiary/aromatic N) is 2. The lowest BCUT2D eigenvalue weighted by molar-refractivity contribution is 0.0907. The van der Waals surface area contributed by atoms with Crippen LogP contribution in [-0.4, -0.2) is 63.6 Å². The zero-order valence-corrected chi connectivity index (χ0v) is 16.8. The van der Waals surface area contributed by atoms with E-state index >= 15 is 0 Å². The van der Waals surface area contributed by atoms with Crippen molar-refractivity contribution in [1.29, 1.82) is 0 Å². The first-order valence-corrected chi connectivity index (χ1v) is 11.4.